The summed E-state index contributed by atoms with van der Waals surface area (Å²) in [6, 6.07) is 0. The van der Waals surface area contributed by atoms with Gasteiger partial charge in [-0.2, -0.15) is 4.58 Å². The molecule has 1 aliphatic rings. The third-order valence-electron chi connectivity index (χ3n) is 2.53. The van der Waals surface area contributed by atoms with Crippen LogP contribution in [-0.4, -0.2) is 82.2 Å². The fourth-order valence-electron chi connectivity index (χ4n) is 1.50. The molecule has 1 heterocycles. The Balaban J connectivity index is 3.01. The zero-order valence-electron chi connectivity index (χ0n) is 9.97. The predicted octanol–water partition coefficient (Wildman–Crippen LogP) is -2.79. The van der Waals surface area contributed by atoms with Gasteiger partial charge < -0.3 is 29.8 Å². The molecule has 0 bridgehead atoms. The summed E-state index contributed by atoms with van der Waals surface area (Å²) >= 11 is 0. The highest BCUT2D eigenvalue weighted by molar-refractivity contribution is 7.72. The van der Waals surface area contributed by atoms with Gasteiger partial charge in [0.15, 0.2) is 0 Å². The maximum Gasteiger partial charge on any atom is 0.402 e. The van der Waals surface area contributed by atoms with Crippen LogP contribution in [0.5, 0.6) is 0 Å². The van der Waals surface area contributed by atoms with E-state index in [1.807, 2.05) is 0 Å². The van der Waals surface area contributed by atoms with Gasteiger partial charge in [0.2, 0.25) is 25.8 Å². The molecule has 0 radical (unpaired) electrons. The van der Waals surface area contributed by atoms with Crippen LogP contribution in [0.4, 0.5) is 0 Å². The van der Waals surface area contributed by atoms with Crippen LogP contribution >= 0.6 is 15.2 Å². The lowest BCUT2D eigenvalue weighted by molar-refractivity contribution is -0.529. The number of carboxylic acid groups (broad SMARTS) is 1. The molecule has 0 spiro atoms. The minimum Gasteiger partial charge on any atom is -0.477 e. The van der Waals surface area contributed by atoms with E-state index >= 15 is 0 Å². The molecule has 11 nitrogen and oxygen atoms in total. The van der Waals surface area contributed by atoms with Crippen molar-refractivity contribution >= 4 is 33.7 Å². The van der Waals surface area contributed by atoms with Gasteiger partial charge in [-0.05, 0) is 0 Å². The maximum absolute atomic E-state index is 11.1. The summed E-state index contributed by atoms with van der Waals surface area (Å²) in [5.74, 6) is -1.16. The van der Waals surface area contributed by atoms with Gasteiger partial charge in [0.1, 0.15) is 0 Å². The van der Waals surface area contributed by atoms with Crippen molar-refractivity contribution in [1.29, 1.82) is 0 Å². The molecule has 0 aromatic rings. The first kappa shape index (κ1) is 17.1. The fraction of sp³-hybridized carbons (Fsp3) is 0.571. The number of nitrogens with zero attached hydrogens (tertiary/aromatic N) is 2. The number of carbonyl (C=O) groups is 1. The molecule has 0 atom stereocenters. The van der Waals surface area contributed by atoms with Crippen molar-refractivity contribution in [3.05, 3.63) is 0 Å². The van der Waals surface area contributed by atoms with E-state index in [0.717, 1.165) is 10.9 Å². The summed E-state index contributed by atoms with van der Waals surface area (Å²) in [5.41, 5.74) is 0. The minimum atomic E-state index is -5.53. The Morgan fingerprint density at radius 2 is 1.70 bits per heavy atom. The number of hydrogen-bond acceptors (Lipinski definition) is 4. The molecule has 1 aliphatic heterocycles. The number of rotatable bonds is 6. The minimum absolute atomic E-state index is 0.0602. The smallest absolute Gasteiger partial charge is 0.402 e. The van der Waals surface area contributed by atoms with Crippen LogP contribution in [0.15, 0.2) is 0 Å². The third kappa shape index (κ3) is 3.58. The number of carboxylic acids is 1. The lowest BCUT2D eigenvalue weighted by atomic mass is 10.6. The normalized spacial score (nSPS) is 16.9. The molecule has 0 amide bonds. The SMILES string of the molecule is O=C(O)C[N+]1=C[N+](CC(O)(P(=O)(O)O)P(=O)(O)O)=CC1. The van der Waals surface area contributed by atoms with E-state index < -0.39 is 39.3 Å². The van der Waals surface area contributed by atoms with E-state index in [1.54, 1.807) is 0 Å². The third-order valence-corrected chi connectivity index (χ3v) is 6.24. The highest BCUT2D eigenvalue weighted by atomic mass is 31.2. The summed E-state index contributed by atoms with van der Waals surface area (Å²) in [5, 5.41) is 14.7. The van der Waals surface area contributed by atoms with Crippen LogP contribution in [-0.2, 0) is 13.9 Å². The van der Waals surface area contributed by atoms with Gasteiger partial charge in [-0.3, -0.25) is 9.13 Å². The van der Waals surface area contributed by atoms with Crippen molar-refractivity contribution in [3.8, 4) is 0 Å². The van der Waals surface area contributed by atoms with E-state index in [-0.39, 0.29) is 6.54 Å². The van der Waals surface area contributed by atoms with Crippen LogP contribution in [0.1, 0.15) is 0 Å². The second-order valence-electron chi connectivity index (χ2n) is 4.16. The van der Waals surface area contributed by atoms with Crippen molar-refractivity contribution in [2.45, 2.75) is 5.08 Å². The molecule has 6 N–H and O–H groups in total. The molecule has 0 unspecified atom stereocenters. The summed E-state index contributed by atoms with van der Waals surface area (Å²) in [6.07, 6.45) is 2.32. The lowest BCUT2D eigenvalue weighted by Crippen LogP contribution is -2.38. The topological polar surface area (TPSA) is 179 Å². The maximum atomic E-state index is 11.1. The number of aliphatic hydroxyl groups is 1. The van der Waals surface area contributed by atoms with Gasteiger partial charge >= 0.3 is 32.6 Å². The molecule has 0 aromatic heterocycles. The van der Waals surface area contributed by atoms with Crippen molar-refractivity contribution in [2.24, 2.45) is 0 Å². The molecule has 0 aromatic carbocycles. The summed E-state index contributed by atoms with van der Waals surface area (Å²) in [4.78, 5) is 46.3. The van der Waals surface area contributed by atoms with E-state index in [1.165, 1.54) is 10.8 Å². The van der Waals surface area contributed by atoms with Crippen LogP contribution in [0.3, 0.4) is 0 Å². The quantitative estimate of drug-likeness (QED) is 0.221. The predicted molar refractivity (Wildman–Crippen MR) is 63.9 cm³/mol. The van der Waals surface area contributed by atoms with E-state index in [0.29, 0.717) is 0 Å². The Morgan fingerprint density at radius 1 is 1.20 bits per heavy atom. The first-order valence-electron chi connectivity index (χ1n) is 5.10. The zero-order valence-corrected chi connectivity index (χ0v) is 11.8. The van der Waals surface area contributed by atoms with Crippen LogP contribution in [0.2, 0.25) is 0 Å². The molecular formula is C7H14N2O9P2+2. The Kier molecular flexibility index (Phi) is 4.67. The Bertz CT molecular complexity index is 549. The van der Waals surface area contributed by atoms with E-state index in [9.17, 15) is 19.0 Å². The van der Waals surface area contributed by atoms with Gasteiger partial charge in [0, 0.05) is 0 Å². The Morgan fingerprint density at radius 3 is 2.10 bits per heavy atom. The molecule has 0 saturated carbocycles. The van der Waals surface area contributed by atoms with Crippen LogP contribution < -0.4 is 0 Å². The average Bonchev–Trinajstić information content (AvgIpc) is 2.60. The first-order valence-corrected chi connectivity index (χ1v) is 8.33. The highest BCUT2D eigenvalue weighted by Crippen LogP contribution is 2.67. The van der Waals surface area contributed by atoms with E-state index in [2.05, 4.69) is 0 Å². The van der Waals surface area contributed by atoms with Gasteiger partial charge in [-0.1, -0.05) is 0 Å². The van der Waals surface area contributed by atoms with Crippen molar-refractivity contribution in [1.82, 2.24) is 0 Å². The lowest BCUT2D eigenvalue weighted by Gasteiger charge is -2.25. The first-order chi connectivity index (χ1) is 8.87. The molecule has 20 heavy (non-hydrogen) atoms. The molecule has 0 fully saturated rings. The second kappa shape index (κ2) is 5.45. The van der Waals surface area contributed by atoms with Crippen molar-refractivity contribution in [3.63, 3.8) is 0 Å². The molecule has 13 heteroatoms. The number of β-amino-alcohol motifs (C(OH)–C–C–N with tert-alkyl or cyclic N) is 1. The summed E-state index contributed by atoms with van der Waals surface area (Å²) in [7, 11) is -11.1. The van der Waals surface area contributed by atoms with Gasteiger partial charge in [-0.15, -0.1) is 4.58 Å². The Labute approximate surface area is 112 Å². The van der Waals surface area contributed by atoms with E-state index in [4.69, 9.17) is 24.7 Å². The highest BCUT2D eigenvalue weighted by Gasteiger charge is 2.63. The molecular weight excluding hydrogens is 318 g/mol. The van der Waals surface area contributed by atoms with Crippen molar-refractivity contribution in [2.75, 3.05) is 19.6 Å². The number of aliphatic carboxylic acids is 1. The van der Waals surface area contributed by atoms with Gasteiger partial charge in [-0.25, -0.2) is 4.79 Å². The largest absolute Gasteiger partial charge is 0.477 e. The second-order valence-corrected chi connectivity index (χ2v) is 8.16. The van der Waals surface area contributed by atoms with Crippen LogP contribution in [0.25, 0.3) is 0 Å². The summed E-state index contributed by atoms with van der Waals surface area (Å²) in [6.45, 7) is -1.42. The fourth-order valence-corrected chi connectivity index (χ4v) is 3.55. The summed E-state index contributed by atoms with van der Waals surface area (Å²) < 4.78 is 24.4. The molecule has 114 valence electrons. The Hall–Kier alpha value is -0.930. The molecule has 0 saturated heterocycles. The van der Waals surface area contributed by atoms with Gasteiger partial charge in [0.25, 0.3) is 0 Å². The molecule has 0 aliphatic carbocycles. The molecule has 1 rings (SSSR count). The average molecular weight is 332 g/mol. The monoisotopic (exact) mass is 332 g/mol. The number of hydrogen-bond donors (Lipinski definition) is 6. The standard InChI is InChI=1S/C7H12N2O9P2/c10-6(11)3-8-1-2-9(5-8)4-7(12,19(13,14)15)20(16,17)18/h2,5,12H,1,3-4H2,(H3-2,10,11,13,14,15,16,17,18)/p+2. The zero-order chi connectivity index (χ0) is 15.8. The van der Waals surface area contributed by atoms with Gasteiger partial charge in [0.05, 0.1) is 0 Å². The van der Waals surface area contributed by atoms with Crippen LogP contribution in [0, 0.1) is 0 Å². The van der Waals surface area contributed by atoms with Crippen molar-refractivity contribution < 1.29 is 52.9 Å².